The molecule has 0 aliphatic heterocycles. The highest BCUT2D eigenvalue weighted by Gasteiger charge is 2.20. The number of amides is 1. The fourth-order valence-electron chi connectivity index (χ4n) is 3.34. The maximum Gasteiger partial charge on any atom is 0.260 e. The molecule has 0 unspecified atom stereocenters. The third-order valence-electron chi connectivity index (χ3n) is 4.98. The van der Waals surface area contributed by atoms with Crippen LogP contribution in [-0.4, -0.2) is 27.4 Å². The number of nitrogens with one attached hydrogen (secondary N) is 1. The Kier molecular flexibility index (Phi) is 5.96. The summed E-state index contributed by atoms with van der Waals surface area (Å²) in [5.41, 5.74) is 1.65. The van der Waals surface area contributed by atoms with Crippen LogP contribution in [0.2, 0.25) is 5.02 Å². The van der Waals surface area contributed by atoms with E-state index in [0.29, 0.717) is 27.8 Å². The molecule has 0 bridgehead atoms. The summed E-state index contributed by atoms with van der Waals surface area (Å²) in [7, 11) is 1.46. The van der Waals surface area contributed by atoms with Gasteiger partial charge < -0.3 is 14.6 Å². The molecule has 1 amide bonds. The van der Waals surface area contributed by atoms with E-state index in [1.165, 1.54) is 24.1 Å². The molecule has 164 valence electrons. The third-order valence-corrected chi connectivity index (χ3v) is 5.28. The molecule has 32 heavy (non-hydrogen) atoms. The largest absolute Gasteiger partial charge is 0.496 e. The lowest BCUT2D eigenvalue weighted by Crippen LogP contribution is -2.18. The van der Waals surface area contributed by atoms with E-state index in [0.717, 1.165) is 18.2 Å². The van der Waals surface area contributed by atoms with E-state index in [1.807, 2.05) is 24.5 Å². The van der Waals surface area contributed by atoms with E-state index in [1.54, 1.807) is 17.6 Å². The van der Waals surface area contributed by atoms with Crippen molar-refractivity contribution in [3.05, 3.63) is 94.4 Å². The van der Waals surface area contributed by atoms with Gasteiger partial charge in [-0.25, -0.2) is 13.5 Å². The Morgan fingerprint density at radius 1 is 1.19 bits per heavy atom. The summed E-state index contributed by atoms with van der Waals surface area (Å²) in [5.74, 6) is -0.918. The number of ether oxygens (including phenoxy) is 1. The van der Waals surface area contributed by atoms with Crippen molar-refractivity contribution in [3.8, 4) is 11.4 Å². The monoisotopic (exact) mass is 456 g/mol. The summed E-state index contributed by atoms with van der Waals surface area (Å²) < 4.78 is 36.3. The van der Waals surface area contributed by atoms with Gasteiger partial charge in [-0.1, -0.05) is 11.6 Å². The van der Waals surface area contributed by atoms with Gasteiger partial charge in [0.05, 0.1) is 36.1 Å². The topological polar surface area (TPSA) is 61.1 Å². The predicted molar refractivity (Wildman–Crippen MR) is 118 cm³/mol. The van der Waals surface area contributed by atoms with Crippen LogP contribution in [-0.2, 0) is 6.54 Å². The maximum absolute atomic E-state index is 14.1. The summed E-state index contributed by atoms with van der Waals surface area (Å²) >= 11 is 6.43. The van der Waals surface area contributed by atoms with Gasteiger partial charge in [-0.2, -0.15) is 5.10 Å². The number of carbonyl (C=O) groups excluding carboxylic acids is 1. The zero-order valence-corrected chi connectivity index (χ0v) is 18.0. The van der Waals surface area contributed by atoms with Gasteiger partial charge in [0.1, 0.15) is 23.2 Å². The van der Waals surface area contributed by atoms with Crippen molar-refractivity contribution in [1.29, 1.82) is 0 Å². The van der Waals surface area contributed by atoms with Crippen molar-refractivity contribution in [2.45, 2.75) is 13.5 Å². The highest BCUT2D eigenvalue weighted by atomic mass is 35.5. The van der Waals surface area contributed by atoms with Crippen LogP contribution >= 0.6 is 11.6 Å². The number of halogens is 3. The molecule has 0 saturated heterocycles. The number of aryl methyl sites for hydroxylation is 1. The van der Waals surface area contributed by atoms with Gasteiger partial charge in [0.2, 0.25) is 0 Å². The van der Waals surface area contributed by atoms with Gasteiger partial charge in [0.25, 0.3) is 5.91 Å². The lowest BCUT2D eigenvalue weighted by Gasteiger charge is -2.15. The SMILES string of the molecule is COc1cc(-n2cccc2)c(Cl)cc1C(=O)Nc1c(C)cnn1Cc1cc(F)ccc1F. The first-order chi connectivity index (χ1) is 15.4. The van der Waals surface area contributed by atoms with Gasteiger partial charge in [0.15, 0.2) is 0 Å². The second-order valence-electron chi connectivity index (χ2n) is 7.12. The Hall–Kier alpha value is -3.65. The van der Waals surface area contributed by atoms with E-state index in [-0.39, 0.29) is 17.7 Å². The van der Waals surface area contributed by atoms with E-state index < -0.39 is 17.5 Å². The minimum absolute atomic E-state index is 0.0580. The first-order valence-corrected chi connectivity index (χ1v) is 10.0. The van der Waals surface area contributed by atoms with Gasteiger partial charge in [-0.3, -0.25) is 4.79 Å². The molecule has 2 aromatic heterocycles. The molecule has 0 spiro atoms. The van der Waals surface area contributed by atoms with Crippen LogP contribution < -0.4 is 10.1 Å². The van der Waals surface area contributed by atoms with E-state index in [9.17, 15) is 13.6 Å². The number of anilines is 1. The molecule has 2 heterocycles. The molecule has 0 fully saturated rings. The van der Waals surface area contributed by atoms with Crippen molar-refractivity contribution in [1.82, 2.24) is 14.3 Å². The second-order valence-corrected chi connectivity index (χ2v) is 7.53. The maximum atomic E-state index is 14.1. The van der Waals surface area contributed by atoms with Crippen molar-refractivity contribution in [2.24, 2.45) is 0 Å². The summed E-state index contributed by atoms with van der Waals surface area (Å²) in [6.07, 6.45) is 5.19. The molecule has 4 rings (SSSR count). The van der Waals surface area contributed by atoms with Crippen LogP contribution in [0.5, 0.6) is 5.75 Å². The average molecular weight is 457 g/mol. The highest BCUT2D eigenvalue weighted by Crippen LogP contribution is 2.31. The fourth-order valence-corrected chi connectivity index (χ4v) is 3.61. The van der Waals surface area contributed by atoms with Crippen molar-refractivity contribution >= 4 is 23.3 Å². The molecule has 9 heteroatoms. The first-order valence-electron chi connectivity index (χ1n) is 9.66. The number of hydrogen-bond donors (Lipinski definition) is 1. The first kappa shape index (κ1) is 21.6. The normalized spacial score (nSPS) is 10.9. The number of methoxy groups -OCH3 is 1. The van der Waals surface area contributed by atoms with Gasteiger partial charge in [-0.15, -0.1) is 0 Å². The number of rotatable bonds is 6. The molecule has 0 saturated carbocycles. The molecule has 4 aromatic rings. The Morgan fingerprint density at radius 2 is 1.94 bits per heavy atom. The smallest absolute Gasteiger partial charge is 0.260 e. The Balaban J connectivity index is 1.64. The minimum atomic E-state index is -0.564. The zero-order chi connectivity index (χ0) is 22.8. The molecular formula is C23H19ClF2N4O2. The summed E-state index contributed by atoms with van der Waals surface area (Å²) in [4.78, 5) is 13.1. The number of nitrogens with zero attached hydrogens (tertiary/aromatic N) is 3. The van der Waals surface area contributed by atoms with Gasteiger partial charge in [-0.05, 0) is 43.3 Å². The standard InChI is InChI=1S/C23H19ClF2N4O2/c1-14-12-27-30(13-15-9-16(25)5-6-19(15)26)22(14)28-23(31)17-10-18(24)20(11-21(17)32-2)29-7-3-4-8-29/h3-12H,13H2,1-2H3,(H,28,31). The average Bonchev–Trinajstić information content (AvgIpc) is 3.42. The molecule has 6 nitrogen and oxygen atoms in total. The van der Waals surface area contributed by atoms with Crippen molar-refractivity contribution in [3.63, 3.8) is 0 Å². The fraction of sp³-hybridized carbons (Fsp3) is 0.130. The van der Waals surface area contributed by atoms with Crippen molar-refractivity contribution in [2.75, 3.05) is 12.4 Å². The van der Waals surface area contributed by atoms with E-state index in [2.05, 4.69) is 10.4 Å². The second kappa shape index (κ2) is 8.84. The Bertz CT molecular complexity index is 1290. The molecule has 0 aliphatic rings. The Labute approximate surface area is 188 Å². The molecule has 0 atom stereocenters. The Morgan fingerprint density at radius 3 is 2.66 bits per heavy atom. The molecule has 0 radical (unpaired) electrons. The molecular weight excluding hydrogens is 438 g/mol. The van der Waals surface area contributed by atoms with Gasteiger partial charge in [0, 0.05) is 29.6 Å². The van der Waals surface area contributed by atoms with Crippen LogP contribution in [0.4, 0.5) is 14.6 Å². The molecule has 1 N–H and O–H groups in total. The molecule has 0 aliphatic carbocycles. The number of hydrogen-bond acceptors (Lipinski definition) is 3. The van der Waals surface area contributed by atoms with Gasteiger partial charge >= 0.3 is 0 Å². The van der Waals surface area contributed by atoms with Crippen molar-refractivity contribution < 1.29 is 18.3 Å². The van der Waals surface area contributed by atoms with E-state index in [4.69, 9.17) is 16.3 Å². The summed E-state index contributed by atoms with van der Waals surface area (Å²) in [6, 6.07) is 10.1. The van der Waals surface area contributed by atoms with Crippen LogP contribution in [0.1, 0.15) is 21.5 Å². The van der Waals surface area contributed by atoms with Crippen LogP contribution in [0.15, 0.2) is 61.1 Å². The third kappa shape index (κ3) is 4.22. The zero-order valence-electron chi connectivity index (χ0n) is 17.3. The highest BCUT2D eigenvalue weighted by molar-refractivity contribution is 6.33. The molecule has 2 aromatic carbocycles. The number of carbonyl (C=O) groups is 1. The number of aromatic nitrogens is 3. The lowest BCUT2D eigenvalue weighted by molar-refractivity contribution is 0.102. The minimum Gasteiger partial charge on any atom is -0.496 e. The summed E-state index contributed by atoms with van der Waals surface area (Å²) in [5, 5.41) is 7.33. The van der Waals surface area contributed by atoms with Crippen LogP contribution in [0.25, 0.3) is 5.69 Å². The predicted octanol–water partition coefficient (Wildman–Crippen LogP) is 5.22. The van der Waals surface area contributed by atoms with Crippen LogP contribution in [0.3, 0.4) is 0 Å². The number of benzene rings is 2. The summed E-state index contributed by atoms with van der Waals surface area (Å²) in [6.45, 7) is 1.69. The quantitative estimate of drug-likeness (QED) is 0.432. The lowest BCUT2D eigenvalue weighted by atomic mass is 10.1. The van der Waals surface area contributed by atoms with E-state index >= 15 is 0 Å². The van der Waals surface area contributed by atoms with Crippen LogP contribution in [0, 0.1) is 18.6 Å².